The van der Waals surface area contributed by atoms with Crippen LogP contribution in [0.2, 0.25) is 0 Å². The zero-order valence-corrected chi connectivity index (χ0v) is 15.2. The van der Waals surface area contributed by atoms with Gasteiger partial charge in [0.15, 0.2) is 5.82 Å². The quantitative estimate of drug-likeness (QED) is 0.558. The number of nitrogens with one attached hydrogen (secondary N) is 1. The van der Waals surface area contributed by atoms with Gasteiger partial charge < -0.3 is 11.1 Å². The Balaban J connectivity index is 1.85. The molecule has 3 aromatic heterocycles. The van der Waals surface area contributed by atoms with Crippen molar-refractivity contribution < 1.29 is 0 Å². The molecule has 0 aliphatic rings. The van der Waals surface area contributed by atoms with Gasteiger partial charge in [-0.15, -0.1) is 11.3 Å². The van der Waals surface area contributed by atoms with Crippen molar-refractivity contribution >= 4 is 27.4 Å². The van der Waals surface area contributed by atoms with E-state index in [1.165, 1.54) is 10.4 Å². The van der Waals surface area contributed by atoms with Crippen LogP contribution in [0.5, 0.6) is 0 Å². The van der Waals surface area contributed by atoms with E-state index in [0.29, 0.717) is 12.4 Å². The van der Waals surface area contributed by atoms with Crippen LogP contribution >= 0.6 is 11.3 Å². The van der Waals surface area contributed by atoms with Gasteiger partial charge in [-0.3, -0.25) is 4.98 Å². The second-order valence-corrected chi connectivity index (χ2v) is 7.23. The standard InChI is InChI=1S/C20H19N5S/c1-13(21)12-23-20-18-16(11-17(26-18)14-5-3-2-4-6-14)24-19(25-20)15-7-9-22-10-8-15/h2-11,13H,12,21H2,1H3,(H,23,24,25)/t13-/m0/s1. The lowest BCUT2D eigenvalue weighted by Crippen LogP contribution is -2.25. The molecule has 6 heteroatoms. The molecule has 0 saturated carbocycles. The molecule has 0 radical (unpaired) electrons. The molecule has 3 N–H and O–H groups in total. The Labute approximate surface area is 156 Å². The van der Waals surface area contributed by atoms with Crippen molar-refractivity contribution in [3.8, 4) is 21.8 Å². The van der Waals surface area contributed by atoms with Crippen molar-refractivity contribution in [3.63, 3.8) is 0 Å². The lowest BCUT2D eigenvalue weighted by molar-refractivity contribution is 0.778. The molecule has 0 saturated heterocycles. The van der Waals surface area contributed by atoms with E-state index in [1.54, 1.807) is 23.7 Å². The monoisotopic (exact) mass is 361 g/mol. The van der Waals surface area contributed by atoms with Crippen LogP contribution in [0.25, 0.3) is 32.0 Å². The number of pyridine rings is 1. The zero-order chi connectivity index (χ0) is 17.9. The molecule has 1 aromatic carbocycles. The van der Waals surface area contributed by atoms with Crippen molar-refractivity contribution in [2.24, 2.45) is 5.73 Å². The molecular weight excluding hydrogens is 342 g/mol. The van der Waals surface area contributed by atoms with Gasteiger partial charge in [0.1, 0.15) is 5.82 Å². The molecule has 3 heterocycles. The van der Waals surface area contributed by atoms with Crippen LogP contribution < -0.4 is 11.1 Å². The predicted molar refractivity (Wildman–Crippen MR) is 108 cm³/mol. The van der Waals surface area contributed by atoms with Gasteiger partial charge in [0.25, 0.3) is 0 Å². The molecule has 0 amide bonds. The maximum Gasteiger partial charge on any atom is 0.162 e. The molecule has 0 bridgehead atoms. The Kier molecular flexibility index (Phi) is 4.60. The minimum Gasteiger partial charge on any atom is -0.367 e. The van der Waals surface area contributed by atoms with Crippen molar-refractivity contribution in [1.29, 1.82) is 0 Å². The molecule has 130 valence electrons. The van der Waals surface area contributed by atoms with Crippen molar-refractivity contribution in [2.45, 2.75) is 13.0 Å². The van der Waals surface area contributed by atoms with Crippen LogP contribution in [0.15, 0.2) is 60.9 Å². The number of hydrogen-bond donors (Lipinski definition) is 2. The smallest absolute Gasteiger partial charge is 0.162 e. The Hall–Kier alpha value is -2.83. The van der Waals surface area contributed by atoms with Gasteiger partial charge in [-0.25, -0.2) is 9.97 Å². The fourth-order valence-electron chi connectivity index (χ4n) is 2.68. The third-order valence-corrected chi connectivity index (χ3v) is 5.14. The molecule has 26 heavy (non-hydrogen) atoms. The summed E-state index contributed by atoms with van der Waals surface area (Å²) in [5.41, 5.74) is 8.97. The van der Waals surface area contributed by atoms with Crippen LogP contribution in [0.4, 0.5) is 5.82 Å². The van der Waals surface area contributed by atoms with Gasteiger partial charge in [-0.05, 0) is 30.7 Å². The number of fused-ring (bicyclic) bond motifs is 1. The SMILES string of the molecule is C[C@H](N)CNc1nc(-c2ccncc2)nc2cc(-c3ccccc3)sc12. The van der Waals surface area contributed by atoms with Gasteiger partial charge in [-0.1, -0.05) is 30.3 Å². The maximum atomic E-state index is 5.92. The third-order valence-electron chi connectivity index (χ3n) is 3.96. The normalized spacial score (nSPS) is 12.2. The largest absolute Gasteiger partial charge is 0.367 e. The van der Waals surface area contributed by atoms with Crippen LogP contribution in [0.1, 0.15) is 6.92 Å². The summed E-state index contributed by atoms with van der Waals surface area (Å²) in [6, 6.07) is 16.3. The fourth-order valence-corrected chi connectivity index (χ4v) is 3.75. The summed E-state index contributed by atoms with van der Waals surface area (Å²) < 4.78 is 1.04. The molecule has 1 atom stereocenters. The highest BCUT2D eigenvalue weighted by Crippen LogP contribution is 2.37. The average Bonchev–Trinajstić information content (AvgIpc) is 3.12. The first-order valence-corrected chi connectivity index (χ1v) is 9.29. The second kappa shape index (κ2) is 7.19. The van der Waals surface area contributed by atoms with Gasteiger partial charge in [0.05, 0.1) is 10.2 Å². The van der Waals surface area contributed by atoms with E-state index in [1.807, 2.05) is 37.3 Å². The van der Waals surface area contributed by atoms with Crippen LogP contribution in [-0.2, 0) is 0 Å². The van der Waals surface area contributed by atoms with Gasteiger partial charge in [-0.2, -0.15) is 0 Å². The highest BCUT2D eigenvalue weighted by molar-refractivity contribution is 7.22. The van der Waals surface area contributed by atoms with Gasteiger partial charge in [0.2, 0.25) is 0 Å². The maximum absolute atomic E-state index is 5.92. The fraction of sp³-hybridized carbons (Fsp3) is 0.150. The number of rotatable bonds is 5. The van der Waals surface area contributed by atoms with E-state index in [-0.39, 0.29) is 6.04 Å². The number of nitrogens with zero attached hydrogens (tertiary/aromatic N) is 3. The van der Waals surface area contributed by atoms with Crippen molar-refractivity contribution in [1.82, 2.24) is 15.0 Å². The first-order chi connectivity index (χ1) is 12.7. The number of nitrogens with two attached hydrogens (primary N) is 1. The average molecular weight is 361 g/mol. The first-order valence-electron chi connectivity index (χ1n) is 8.47. The summed E-state index contributed by atoms with van der Waals surface area (Å²) in [6.07, 6.45) is 3.50. The molecule has 0 aliphatic heterocycles. The van der Waals surface area contributed by atoms with E-state index in [4.69, 9.17) is 15.7 Å². The number of hydrogen-bond acceptors (Lipinski definition) is 6. The predicted octanol–water partition coefficient (Wildman–Crippen LogP) is 4.18. The molecule has 0 fully saturated rings. The minimum absolute atomic E-state index is 0.0398. The van der Waals surface area contributed by atoms with Crippen molar-refractivity contribution in [2.75, 3.05) is 11.9 Å². The molecule has 0 aliphatic carbocycles. The summed E-state index contributed by atoms with van der Waals surface area (Å²) in [6.45, 7) is 2.62. The first kappa shape index (κ1) is 16.6. The summed E-state index contributed by atoms with van der Waals surface area (Å²) in [7, 11) is 0. The lowest BCUT2D eigenvalue weighted by atomic mass is 10.2. The molecule has 5 nitrogen and oxygen atoms in total. The second-order valence-electron chi connectivity index (χ2n) is 6.18. The van der Waals surface area contributed by atoms with E-state index >= 15 is 0 Å². The highest BCUT2D eigenvalue weighted by atomic mass is 32.1. The Morgan fingerprint density at radius 1 is 1.04 bits per heavy atom. The summed E-state index contributed by atoms with van der Waals surface area (Å²) in [5.74, 6) is 1.51. The highest BCUT2D eigenvalue weighted by Gasteiger charge is 2.14. The van der Waals surface area contributed by atoms with Crippen LogP contribution in [-0.4, -0.2) is 27.5 Å². The zero-order valence-electron chi connectivity index (χ0n) is 14.4. The van der Waals surface area contributed by atoms with E-state index in [0.717, 1.165) is 21.6 Å². The lowest BCUT2D eigenvalue weighted by Gasteiger charge is -2.10. The summed E-state index contributed by atoms with van der Waals surface area (Å²) >= 11 is 1.69. The number of anilines is 1. The van der Waals surface area contributed by atoms with Gasteiger partial charge >= 0.3 is 0 Å². The molecule has 0 spiro atoms. The molecule has 0 unspecified atom stereocenters. The molecule has 4 aromatic rings. The molecule has 4 rings (SSSR count). The number of thiophene rings is 1. The van der Waals surface area contributed by atoms with E-state index in [9.17, 15) is 0 Å². The van der Waals surface area contributed by atoms with Gasteiger partial charge in [0, 0.05) is 35.4 Å². The Morgan fingerprint density at radius 3 is 2.54 bits per heavy atom. The van der Waals surface area contributed by atoms with Crippen molar-refractivity contribution in [3.05, 3.63) is 60.9 Å². The third kappa shape index (κ3) is 3.42. The van der Waals surface area contributed by atoms with E-state index < -0.39 is 0 Å². The van der Waals surface area contributed by atoms with Crippen LogP contribution in [0.3, 0.4) is 0 Å². The Bertz CT molecular complexity index is 1010. The summed E-state index contributed by atoms with van der Waals surface area (Å²) in [4.78, 5) is 14.8. The summed E-state index contributed by atoms with van der Waals surface area (Å²) in [5, 5.41) is 3.38. The Morgan fingerprint density at radius 2 is 1.81 bits per heavy atom. The topological polar surface area (TPSA) is 76.7 Å². The minimum atomic E-state index is 0.0398. The van der Waals surface area contributed by atoms with Crippen LogP contribution in [0, 0.1) is 0 Å². The van der Waals surface area contributed by atoms with E-state index in [2.05, 4.69) is 28.5 Å². The number of benzene rings is 1. The molecular formula is C20H19N5S. The number of aromatic nitrogens is 3.